The summed E-state index contributed by atoms with van der Waals surface area (Å²) < 4.78 is 17.5. The number of amides is 1. The van der Waals surface area contributed by atoms with Crippen LogP contribution >= 0.6 is 23.2 Å². The van der Waals surface area contributed by atoms with Gasteiger partial charge in [-0.2, -0.15) is 0 Å². The lowest BCUT2D eigenvalue weighted by Crippen LogP contribution is -2.47. The van der Waals surface area contributed by atoms with E-state index in [0.29, 0.717) is 59.5 Å². The average molecular weight is 754 g/mol. The Morgan fingerprint density at radius 2 is 1.58 bits per heavy atom. The maximum atomic E-state index is 13.0. The number of hydrogen-bond donors (Lipinski definition) is 0. The molecular weight excluding hydrogens is 715 g/mol. The van der Waals surface area contributed by atoms with Gasteiger partial charge in [-0.3, -0.25) is 19.8 Å². The zero-order valence-corrected chi connectivity index (χ0v) is 30.6. The molecule has 1 fully saturated rings. The molecule has 0 spiro atoms. The van der Waals surface area contributed by atoms with Gasteiger partial charge in [0.25, 0.3) is 5.69 Å². The number of non-ortho nitro benzene ring substituents is 1. The largest absolute Gasteiger partial charge is 0.493 e. The standard InChI is InChI=1S/C41H38Cl2N4O6/c1-29-24-32(25-38(43)41(29)53-39-16-15-36(26-44-39)52-28-33-4-2-3-5-37(33)42)10-17-40(48)46-21-19-45(20-22-46)27-31-8-6-30(7-9-31)18-23-51-35-13-11-34(12-14-35)47(49)50/h2-17,24-26H,18-23,27-28H2,1H3/b17-10+. The first-order valence-corrected chi connectivity index (χ1v) is 17.9. The SMILES string of the molecule is Cc1cc(/C=C/C(=O)N2CCN(Cc3ccc(CCOc4ccc([N+](=O)[O-])cc4)cc3)CC2)cc(Cl)c1Oc1ccc(OCc2ccccc2Cl)cn1. The van der Waals surface area contributed by atoms with Crippen LogP contribution in [0.2, 0.25) is 10.0 Å². The second-order valence-electron chi connectivity index (χ2n) is 12.6. The molecule has 0 atom stereocenters. The molecule has 1 aliphatic heterocycles. The molecule has 6 rings (SSSR count). The normalized spacial score (nSPS) is 13.2. The number of ether oxygens (including phenoxy) is 3. The highest BCUT2D eigenvalue weighted by Crippen LogP contribution is 2.34. The van der Waals surface area contributed by atoms with Gasteiger partial charge in [0, 0.05) is 74.0 Å². The quantitative estimate of drug-likeness (QED) is 0.0629. The minimum atomic E-state index is -0.428. The zero-order valence-electron chi connectivity index (χ0n) is 29.1. The fraction of sp³-hybridized carbons (Fsp3) is 0.220. The number of halogens is 2. The molecule has 0 saturated carbocycles. The second-order valence-corrected chi connectivity index (χ2v) is 13.4. The van der Waals surface area contributed by atoms with Gasteiger partial charge in [-0.25, -0.2) is 4.98 Å². The molecule has 0 aliphatic carbocycles. The maximum Gasteiger partial charge on any atom is 0.269 e. The minimum Gasteiger partial charge on any atom is -0.493 e. The molecule has 0 radical (unpaired) electrons. The summed E-state index contributed by atoms with van der Waals surface area (Å²) in [5.41, 5.74) is 4.88. The van der Waals surface area contributed by atoms with Crippen LogP contribution in [0.3, 0.4) is 0 Å². The van der Waals surface area contributed by atoms with Crippen molar-refractivity contribution >= 4 is 40.9 Å². The van der Waals surface area contributed by atoms with Crippen molar-refractivity contribution in [1.29, 1.82) is 0 Å². The Bertz CT molecular complexity index is 2030. The van der Waals surface area contributed by atoms with Crippen molar-refractivity contribution in [1.82, 2.24) is 14.8 Å². The molecule has 4 aromatic carbocycles. The van der Waals surface area contributed by atoms with Crippen molar-refractivity contribution in [3.05, 3.63) is 157 Å². The molecule has 2 heterocycles. The number of pyridine rings is 1. The van der Waals surface area contributed by atoms with Crippen molar-refractivity contribution < 1.29 is 23.9 Å². The molecule has 10 nitrogen and oxygen atoms in total. The van der Waals surface area contributed by atoms with Crippen molar-refractivity contribution in [2.75, 3.05) is 32.8 Å². The van der Waals surface area contributed by atoms with Crippen LogP contribution in [0.15, 0.2) is 109 Å². The van der Waals surface area contributed by atoms with Gasteiger partial charge in [0.2, 0.25) is 11.8 Å². The van der Waals surface area contributed by atoms with Gasteiger partial charge in [0.15, 0.2) is 5.75 Å². The lowest BCUT2D eigenvalue weighted by Gasteiger charge is -2.34. The molecule has 272 valence electrons. The number of carbonyl (C=O) groups is 1. The van der Waals surface area contributed by atoms with E-state index in [4.69, 9.17) is 37.4 Å². The first kappa shape index (κ1) is 37.3. The van der Waals surface area contributed by atoms with Crippen LogP contribution in [0.5, 0.6) is 23.1 Å². The average Bonchev–Trinajstić information content (AvgIpc) is 3.16. The van der Waals surface area contributed by atoms with Crippen molar-refractivity contribution in [2.45, 2.75) is 26.5 Å². The van der Waals surface area contributed by atoms with E-state index in [1.165, 1.54) is 17.7 Å². The number of nitro benzene ring substituents is 1. The predicted octanol–water partition coefficient (Wildman–Crippen LogP) is 8.96. The number of rotatable bonds is 14. The van der Waals surface area contributed by atoms with Crippen molar-refractivity contribution in [3.8, 4) is 23.1 Å². The fourth-order valence-corrected chi connectivity index (χ4v) is 6.30. The fourth-order valence-electron chi connectivity index (χ4n) is 5.80. The molecule has 0 bridgehead atoms. The summed E-state index contributed by atoms with van der Waals surface area (Å²) in [7, 11) is 0. The Hall–Kier alpha value is -5.42. The first-order chi connectivity index (χ1) is 25.7. The van der Waals surface area contributed by atoms with E-state index in [0.717, 1.165) is 48.3 Å². The second kappa shape index (κ2) is 17.9. The van der Waals surface area contributed by atoms with E-state index in [-0.39, 0.29) is 11.6 Å². The molecule has 5 aromatic rings. The molecule has 0 N–H and O–H groups in total. The van der Waals surface area contributed by atoms with Gasteiger partial charge in [-0.15, -0.1) is 0 Å². The summed E-state index contributed by atoms with van der Waals surface area (Å²) in [6.45, 7) is 6.35. The number of aromatic nitrogens is 1. The number of benzene rings is 4. The van der Waals surface area contributed by atoms with Crippen molar-refractivity contribution in [3.63, 3.8) is 0 Å². The van der Waals surface area contributed by atoms with Crippen LogP contribution < -0.4 is 14.2 Å². The van der Waals surface area contributed by atoms with Crippen LogP contribution in [0, 0.1) is 17.0 Å². The summed E-state index contributed by atoms with van der Waals surface area (Å²) in [5.74, 6) is 2.01. The number of carbonyl (C=O) groups excluding carboxylic acids is 1. The highest BCUT2D eigenvalue weighted by molar-refractivity contribution is 6.32. The van der Waals surface area contributed by atoms with Crippen LogP contribution in [-0.4, -0.2) is 58.4 Å². The van der Waals surface area contributed by atoms with Gasteiger partial charge < -0.3 is 19.1 Å². The summed E-state index contributed by atoms with van der Waals surface area (Å²) in [5, 5.41) is 11.9. The summed E-state index contributed by atoms with van der Waals surface area (Å²) >= 11 is 12.8. The number of piperazine rings is 1. The van der Waals surface area contributed by atoms with Crippen LogP contribution in [-0.2, 0) is 24.4 Å². The van der Waals surface area contributed by atoms with Crippen molar-refractivity contribution in [2.24, 2.45) is 0 Å². The predicted molar refractivity (Wildman–Crippen MR) is 206 cm³/mol. The Morgan fingerprint density at radius 3 is 2.26 bits per heavy atom. The highest BCUT2D eigenvalue weighted by Gasteiger charge is 2.20. The Morgan fingerprint density at radius 1 is 0.868 bits per heavy atom. The van der Waals surface area contributed by atoms with E-state index in [1.54, 1.807) is 48.7 Å². The molecule has 1 saturated heterocycles. The molecule has 1 amide bonds. The number of nitro groups is 1. The molecule has 12 heteroatoms. The van der Waals surface area contributed by atoms with E-state index in [9.17, 15) is 14.9 Å². The molecule has 1 aromatic heterocycles. The van der Waals surface area contributed by atoms with Gasteiger partial charge in [-0.1, -0.05) is 65.7 Å². The van der Waals surface area contributed by atoms with E-state index < -0.39 is 4.92 Å². The van der Waals surface area contributed by atoms with Crippen LogP contribution in [0.25, 0.3) is 6.08 Å². The summed E-state index contributed by atoms with van der Waals surface area (Å²) in [6, 6.07) is 29.2. The number of nitrogens with zero attached hydrogens (tertiary/aromatic N) is 4. The van der Waals surface area contributed by atoms with Crippen LogP contribution in [0.4, 0.5) is 5.69 Å². The van der Waals surface area contributed by atoms with E-state index >= 15 is 0 Å². The van der Waals surface area contributed by atoms with Gasteiger partial charge in [0.1, 0.15) is 18.1 Å². The van der Waals surface area contributed by atoms with Gasteiger partial charge in [-0.05, 0) is 71.7 Å². The Balaban J connectivity index is 0.926. The highest BCUT2D eigenvalue weighted by atomic mass is 35.5. The van der Waals surface area contributed by atoms with Crippen LogP contribution in [0.1, 0.15) is 27.8 Å². The summed E-state index contributed by atoms with van der Waals surface area (Å²) in [4.78, 5) is 32.0. The maximum absolute atomic E-state index is 13.0. The Kier molecular flexibility index (Phi) is 12.6. The number of aryl methyl sites for hydroxylation is 1. The number of hydrogen-bond acceptors (Lipinski definition) is 8. The van der Waals surface area contributed by atoms with Gasteiger partial charge in [0.05, 0.1) is 22.7 Å². The molecule has 0 unspecified atom stereocenters. The smallest absolute Gasteiger partial charge is 0.269 e. The monoisotopic (exact) mass is 752 g/mol. The zero-order chi connectivity index (χ0) is 37.2. The van der Waals surface area contributed by atoms with Gasteiger partial charge >= 0.3 is 0 Å². The third-order valence-electron chi connectivity index (χ3n) is 8.76. The Labute approximate surface area is 318 Å². The topological polar surface area (TPSA) is 107 Å². The lowest BCUT2D eigenvalue weighted by molar-refractivity contribution is -0.384. The third kappa shape index (κ3) is 10.6. The molecule has 53 heavy (non-hydrogen) atoms. The molecular formula is C41H38Cl2N4O6. The lowest BCUT2D eigenvalue weighted by atomic mass is 10.1. The molecule has 1 aliphatic rings. The third-order valence-corrected chi connectivity index (χ3v) is 9.41. The van der Waals surface area contributed by atoms with E-state index in [1.807, 2.05) is 42.2 Å². The minimum absolute atomic E-state index is 0.0411. The van der Waals surface area contributed by atoms with E-state index in [2.05, 4.69) is 34.1 Å². The first-order valence-electron chi connectivity index (χ1n) is 17.1. The summed E-state index contributed by atoms with van der Waals surface area (Å²) in [6.07, 6.45) is 5.68.